The van der Waals surface area contributed by atoms with Gasteiger partial charge in [-0.25, -0.2) is 8.78 Å². The van der Waals surface area contributed by atoms with Crippen molar-refractivity contribution in [2.45, 2.75) is 32.6 Å². The van der Waals surface area contributed by atoms with Crippen LogP contribution in [0.5, 0.6) is 0 Å². The van der Waals surface area contributed by atoms with E-state index < -0.39 is 23.7 Å². The van der Waals surface area contributed by atoms with Crippen molar-refractivity contribution >= 4 is 11.6 Å². The van der Waals surface area contributed by atoms with Crippen LogP contribution in [0.3, 0.4) is 0 Å². The van der Waals surface area contributed by atoms with Gasteiger partial charge in [-0.15, -0.1) is 0 Å². The molecule has 1 amide bonds. The fraction of sp³-hybridized carbons (Fsp3) is 0.435. The molecule has 1 aliphatic heterocycles. The highest BCUT2D eigenvalue weighted by atomic mass is 19.3. The Morgan fingerprint density at radius 2 is 1.54 bits per heavy atom. The lowest BCUT2D eigenvalue weighted by atomic mass is 10.1. The molecule has 5 heteroatoms. The Balaban J connectivity index is 1.43. The van der Waals surface area contributed by atoms with E-state index in [-0.39, 0.29) is 0 Å². The second-order valence-corrected chi connectivity index (χ2v) is 8.14. The molecular weight excluding hydrogens is 358 g/mol. The van der Waals surface area contributed by atoms with Gasteiger partial charge >= 0.3 is 0 Å². The van der Waals surface area contributed by atoms with Crippen molar-refractivity contribution in [3.05, 3.63) is 64.7 Å². The first-order valence-electron chi connectivity index (χ1n) is 9.84. The molecular formula is C23H26F2N2O. The van der Waals surface area contributed by atoms with Crippen molar-refractivity contribution in [1.82, 2.24) is 4.90 Å². The number of rotatable bonds is 3. The van der Waals surface area contributed by atoms with Gasteiger partial charge in [0.25, 0.3) is 5.92 Å². The standard InChI is InChI=1S/C23H26F2N2O/c1-15-5-8-18(9-6-15)20-21(23(20,24)25)22(28)27-12-10-26(11-13-27)19-14-16(2)4-7-17(19)3/h4-9,14,20-21H,10-13H2,1-3H3/t20-,21-/m0/s1. The highest BCUT2D eigenvalue weighted by molar-refractivity contribution is 5.85. The van der Waals surface area contributed by atoms with Gasteiger partial charge in [-0.3, -0.25) is 4.79 Å². The van der Waals surface area contributed by atoms with E-state index in [1.165, 1.54) is 16.8 Å². The normalized spacial score (nSPS) is 23.6. The van der Waals surface area contributed by atoms with E-state index in [4.69, 9.17) is 0 Å². The van der Waals surface area contributed by atoms with Gasteiger partial charge in [0.2, 0.25) is 5.91 Å². The molecule has 28 heavy (non-hydrogen) atoms. The summed E-state index contributed by atoms with van der Waals surface area (Å²) in [4.78, 5) is 16.7. The zero-order valence-corrected chi connectivity index (χ0v) is 16.6. The Kier molecular flexibility index (Phi) is 4.64. The molecule has 0 unspecified atom stereocenters. The quantitative estimate of drug-likeness (QED) is 0.787. The van der Waals surface area contributed by atoms with Crippen LogP contribution in [0, 0.1) is 26.7 Å². The van der Waals surface area contributed by atoms with Gasteiger partial charge in [0.15, 0.2) is 0 Å². The van der Waals surface area contributed by atoms with E-state index in [9.17, 15) is 13.6 Å². The third-order valence-corrected chi connectivity index (χ3v) is 6.05. The maximum Gasteiger partial charge on any atom is 0.268 e. The topological polar surface area (TPSA) is 23.6 Å². The Morgan fingerprint density at radius 3 is 2.18 bits per heavy atom. The Bertz CT molecular complexity index is 886. The van der Waals surface area contributed by atoms with Crippen LogP contribution in [-0.4, -0.2) is 42.9 Å². The highest BCUT2D eigenvalue weighted by Crippen LogP contribution is 2.62. The molecule has 0 spiro atoms. The number of anilines is 1. The largest absolute Gasteiger partial charge is 0.368 e. The number of hydrogen-bond acceptors (Lipinski definition) is 2. The molecule has 2 aromatic rings. The van der Waals surface area contributed by atoms with Crippen LogP contribution in [0.15, 0.2) is 42.5 Å². The molecule has 0 bridgehead atoms. The number of hydrogen-bond donors (Lipinski definition) is 0. The molecule has 2 aliphatic rings. The molecule has 0 N–H and O–H groups in total. The van der Waals surface area contributed by atoms with E-state index in [0.29, 0.717) is 31.7 Å². The Morgan fingerprint density at radius 1 is 0.929 bits per heavy atom. The molecule has 2 fully saturated rings. The molecule has 2 atom stereocenters. The number of nitrogens with zero attached hydrogens (tertiary/aromatic N) is 2. The fourth-order valence-electron chi connectivity index (χ4n) is 4.25. The number of carbonyl (C=O) groups is 1. The lowest BCUT2D eigenvalue weighted by Crippen LogP contribution is -2.49. The Hall–Kier alpha value is -2.43. The number of aryl methyl sites for hydroxylation is 3. The summed E-state index contributed by atoms with van der Waals surface area (Å²) in [7, 11) is 0. The van der Waals surface area contributed by atoms with Crippen LogP contribution >= 0.6 is 0 Å². The summed E-state index contributed by atoms with van der Waals surface area (Å²) >= 11 is 0. The minimum Gasteiger partial charge on any atom is -0.368 e. The van der Waals surface area contributed by atoms with Gasteiger partial charge in [0, 0.05) is 31.9 Å². The summed E-state index contributed by atoms with van der Waals surface area (Å²) in [5.74, 6) is -5.56. The van der Waals surface area contributed by atoms with Crippen LogP contribution in [-0.2, 0) is 4.79 Å². The van der Waals surface area contributed by atoms with Crippen LogP contribution in [0.25, 0.3) is 0 Å². The van der Waals surface area contributed by atoms with Crippen molar-refractivity contribution in [3.63, 3.8) is 0 Å². The van der Waals surface area contributed by atoms with Gasteiger partial charge in [-0.1, -0.05) is 42.0 Å². The van der Waals surface area contributed by atoms with Gasteiger partial charge in [-0.05, 0) is 43.5 Å². The summed E-state index contributed by atoms with van der Waals surface area (Å²) in [5.41, 5.74) is 5.14. The van der Waals surface area contributed by atoms with Crippen molar-refractivity contribution in [1.29, 1.82) is 0 Å². The predicted octanol–water partition coefficient (Wildman–Crippen LogP) is 4.31. The van der Waals surface area contributed by atoms with E-state index in [2.05, 4.69) is 36.9 Å². The summed E-state index contributed by atoms with van der Waals surface area (Å²) < 4.78 is 28.9. The number of benzene rings is 2. The average Bonchev–Trinajstić information content (AvgIpc) is 3.26. The first-order chi connectivity index (χ1) is 13.3. The van der Waals surface area contributed by atoms with Gasteiger partial charge in [0.05, 0.1) is 5.92 Å². The minimum absolute atomic E-state index is 0.406. The van der Waals surface area contributed by atoms with Crippen LogP contribution in [0.2, 0.25) is 0 Å². The van der Waals surface area contributed by atoms with Crippen molar-refractivity contribution in [2.24, 2.45) is 5.92 Å². The van der Waals surface area contributed by atoms with E-state index in [1.807, 2.05) is 19.1 Å². The van der Waals surface area contributed by atoms with E-state index in [1.54, 1.807) is 17.0 Å². The summed E-state index contributed by atoms with van der Waals surface area (Å²) in [6.45, 7) is 8.37. The monoisotopic (exact) mass is 384 g/mol. The number of alkyl halides is 2. The summed E-state index contributed by atoms with van der Waals surface area (Å²) in [6.07, 6.45) is 0. The van der Waals surface area contributed by atoms with Crippen molar-refractivity contribution in [3.8, 4) is 0 Å². The number of amides is 1. The second kappa shape index (κ2) is 6.87. The number of piperazine rings is 1. The Labute approximate surface area is 165 Å². The maximum atomic E-state index is 14.4. The lowest BCUT2D eigenvalue weighted by molar-refractivity contribution is -0.135. The van der Waals surface area contributed by atoms with Crippen molar-refractivity contribution in [2.75, 3.05) is 31.1 Å². The van der Waals surface area contributed by atoms with E-state index in [0.717, 1.165) is 5.56 Å². The smallest absolute Gasteiger partial charge is 0.268 e. The molecule has 0 radical (unpaired) electrons. The fourth-order valence-corrected chi connectivity index (χ4v) is 4.25. The van der Waals surface area contributed by atoms with E-state index >= 15 is 0 Å². The van der Waals surface area contributed by atoms with Crippen LogP contribution < -0.4 is 4.90 Å². The molecule has 1 saturated heterocycles. The molecule has 1 heterocycles. The van der Waals surface area contributed by atoms with Crippen LogP contribution in [0.4, 0.5) is 14.5 Å². The molecule has 0 aromatic heterocycles. The second-order valence-electron chi connectivity index (χ2n) is 8.14. The number of halogens is 2. The first-order valence-corrected chi connectivity index (χ1v) is 9.84. The molecule has 4 rings (SSSR count). The SMILES string of the molecule is Cc1ccc([C@H]2[C@@H](C(=O)N3CCN(c4cc(C)ccc4C)CC3)C2(F)F)cc1. The lowest BCUT2D eigenvalue weighted by Gasteiger charge is -2.37. The molecule has 3 nitrogen and oxygen atoms in total. The zero-order chi connectivity index (χ0) is 20.1. The van der Waals surface area contributed by atoms with Gasteiger partial charge in [0.1, 0.15) is 5.92 Å². The molecule has 1 aliphatic carbocycles. The van der Waals surface area contributed by atoms with Gasteiger partial charge in [-0.2, -0.15) is 0 Å². The summed E-state index contributed by atoms with van der Waals surface area (Å²) in [6, 6.07) is 13.4. The summed E-state index contributed by atoms with van der Waals surface area (Å²) in [5, 5.41) is 0. The number of carbonyl (C=O) groups excluding carboxylic acids is 1. The minimum atomic E-state index is -2.95. The first kappa shape index (κ1) is 18.9. The molecule has 2 aromatic carbocycles. The zero-order valence-electron chi connectivity index (χ0n) is 16.6. The van der Waals surface area contributed by atoms with Crippen LogP contribution in [0.1, 0.15) is 28.2 Å². The molecule has 148 valence electrons. The van der Waals surface area contributed by atoms with Crippen molar-refractivity contribution < 1.29 is 13.6 Å². The van der Waals surface area contributed by atoms with Gasteiger partial charge < -0.3 is 9.80 Å². The maximum absolute atomic E-state index is 14.4. The predicted molar refractivity (Wildman–Crippen MR) is 107 cm³/mol. The third kappa shape index (κ3) is 3.27. The highest BCUT2D eigenvalue weighted by Gasteiger charge is 2.72. The molecule has 1 saturated carbocycles. The average molecular weight is 384 g/mol. The third-order valence-electron chi connectivity index (χ3n) is 6.05.